The van der Waals surface area contributed by atoms with Gasteiger partial charge in [0.15, 0.2) is 0 Å². The Hall–Kier alpha value is -3.77. The molecule has 0 saturated carbocycles. The van der Waals surface area contributed by atoms with Gasteiger partial charge in [0.25, 0.3) is 0 Å². The predicted molar refractivity (Wildman–Crippen MR) is 193 cm³/mol. The number of hydrogen-bond acceptors (Lipinski definition) is 5. The van der Waals surface area contributed by atoms with Gasteiger partial charge in [-0.1, -0.05) is 52.3 Å². The summed E-state index contributed by atoms with van der Waals surface area (Å²) in [5, 5.41) is 0. The lowest BCUT2D eigenvalue weighted by Gasteiger charge is -2.25. The van der Waals surface area contributed by atoms with Crippen LogP contribution >= 0.6 is 15.9 Å². The highest BCUT2D eigenvalue weighted by atomic mass is 79.9. The largest absolute Gasteiger partial charge is 0.490 e. The number of hydrogen-bond donors (Lipinski definition) is 0. The third kappa shape index (κ3) is 8.39. The van der Waals surface area contributed by atoms with Gasteiger partial charge in [-0.3, -0.25) is 4.79 Å². The van der Waals surface area contributed by atoms with Crippen LogP contribution in [-0.2, 0) is 25.7 Å². The molecular weight excluding hydrogens is 652 g/mol. The molecule has 0 amide bonds. The summed E-state index contributed by atoms with van der Waals surface area (Å²) >= 11 is 3.81. The molecule has 5 rings (SSSR count). The maximum Gasteiger partial charge on any atom is 0.150 e. The highest BCUT2D eigenvalue weighted by molar-refractivity contribution is 9.10. The lowest BCUT2D eigenvalue weighted by atomic mass is 9.90. The molecule has 0 N–H and O–H groups in total. The molecule has 0 spiro atoms. The van der Waals surface area contributed by atoms with E-state index in [0.717, 1.165) is 78.3 Å². The normalized spacial score (nSPS) is 12.9. The van der Waals surface area contributed by atoms with Crippen LogP contribution in [0.5, 0.6) is 23.0 Å². The van der Waals surface area contributed by atoms with Crippen LogP contribution in [-0.4, -0.2) is 30.7 Å². The molecule has 0 aliphatic heterocycles. The van der Waals surface area contributed by atoms with Crippen molar-refractivity contribution >= 4 is 22.2 Å². The molecule has 0 saturated heterocycles. The third-order valence-electron chi connectivity index (χ3n) is 7.90. The Labute approximate surface area is 288 Å². The summed E-state index contributed by atoms with van der Waals surface area (Å²) in [4.78, 5) is 12.4. The SMILES string of the molecule is CC(C)Oc1c2cccc1Cc1cc(Br)cc(c1OC(C)C)Cc1cc(C=O)cc(c1OC(C)C)Cc1cccc(c1OC(C)C)C2. The number of fused-ring (bicyclic) bond motifs is 8. The first-order chi connectivity index (χ1) is 22.4. The zero-order valence-electron chi connectivity index (χ0n) is 28.9. The topological polar surface area (TPSA) is 54.0 Å². The van der Waals surface area contributed by atoms with Crippen molar-refractivity contribution < 1.29 is 23.7 Å². The van der Waals surface area contributed by atoms with E-state index in [9.17, 15) is 4.79 Å². The molecule has 0 fully saturated rings. The predicted octanol–water partition coefficient (Wildman–Crippen LogP) is 10.1. The minimum absolute atomic E-state index is 0.000834. The van der Waals surface area contributed by atoms with Crippen molar-refractivity contribution in [1.82, 2.24) is 0 Å². The lowest BCUT2D eigenvalue weighted by Crippen LogP contribution is -2.15. The van der Waals surface area contributed by atoms with Crippen LogP contribution < -0.4 is 18.9 Å². The van der Waals surface area contributed by atoms with Crippen LogP contribution in [0, 0.1) is 0 Å². The summed E-state index contributed by atoms with van der Waals surface area (Å²) < 4.78 is 27.4. The van der Waals surface area contributed by atoms with E-state index < -0.39 is 0 Å². The van der Waals surface area contributed by atoms with Crippen LogP contribution in [0.2, 0.25) is 0 Å². The third-order valence-corrected chi connectivity index (χ3v) is 8.36. The van der Waals surface area contributed by atoms with Gasteiger partial charge in [0.1, 0.15) is 29.3 Å². The average molecular weight is 700 g/mol. The molecule has 0 atom stereocenters. The summed E-state index contributed by atoms with van der Waals surface area (Å²) in [5.74, 6) is 3.42. The summed E-state index contributed by atoms with van der Waals surface area (Å²) in [5.41, 5.74) is 8.90. The minimum atomic E-state index is -0.0632. The van der Waals surface area contributed by atoms with E-state index >= 15 is 0 Å². The first kappa shape index (κ1) is 34.6. The Morgan fingerprint density at radius 3 is 1.09 bits per heavy atom. The number of para-hydroxylation sites is 2. The standard InChI is InChI=1S/C41H47BrO5/c1-24(2)44-38-29-11-9-13-31(38)18-33-15-28(23-43)16-34(40(33)46-26(5)6)20-36-22-37(42)21-35(41(36)47-27(7)8)19-32-14-10-12-30(17-29)39(32)45-25(3)4/h9-16,21-27H,17-20H2,1-8H3. The molecule has 0 aromatic heterocycles. The maximum absolute atomic E-state index is 12.4. The number of benzene rings is 4. The second kappa shape index (κ2) is 15.0. The van der Waals surface area contributed by atoms with Gasteiger partial charge < -0.3 is 18.9 Å². The van der Waals surface area contributed by atoms with Crippen LogP contribution in [0.4, 0.5) is 0 Å². The highest BCUT2D eigenvalue weighted by Gasteiger charge is 2.24. The van der Waals surface area contributed by atoms with Gasteiger partial charge in [0.2, 0.25) is 0 Å². The van der Waals surface area contributed by atoms with Crippen LogP contribution in [0.15, 0.2) is 65.1 Å². The Kier molecular flexibility index (Phi) is 11.0. The first-order valence-electron chi connectivity index (χ1n) is 16.7. The van der Waals surface area contributed by atoms with Crippen LogP contribution in [0.1, 0.15) is 110 Å². The molecule has 4 aromatic rings. The fraction of sp³-hybridized carbons (Fsp3) is 0.390. The minimum Gasteiger partial charge on any atom is -0.490 e. The average Bonchev–Trinajstić information content (AvgIpc) is 2.98. The lowest BCUT2D eigenvalue weighted by molar-refractivity contribution is 0.112. The molecule has 1 aliphatic rings. The summed E-state index contributed by atoms with van der Waals surface area (Å²) in [6.45, 7) is 16.4. The molecule has 47 heavy (non-hydrogen) atoms. The number of carbonyl (C=O) groups excluding carboxylic acids is 1. The number of ether oxygens (including phenoxy) is 4. The molecule has 4 aromatic carbocycles. The summed E-state index contributed by atoms with van der Waals surface area (Å²) in [6.07, 6.45) is 3.12. The van der Waals surface area contributed by atoms with Crippen molar-refractivity contribution in [2.45, 2.75) is 105 Å². The molecule has 5 nitrogen and oxygen atoms in total. The molecule has 0 heterocycles. The molecule has 1 aliphatic carbocycles. The Morgan fingerprint density at radius 1 is 0.489 bits per heavy atom. The van der Waals surface area contributed by atoms with E-state index in [1.165, 1.54) is 0 Å². The number of halogens is 1. The summed E-state index contributed by atoms with van der Waals surface area (Å²) in [7, 11) is 0. The van der Waals surface area contributed by atoms with Crippen molar-refractivity contribution in [1.29, 1.82) is 0 Å². The second-order valence-corrected chi connectivity index (χ2v) is 14.4. The monoisotopic (exact) mass is 698 g/mol. The molecular formula is C41H47BrO5. The molecule has 8 bridgehead atoms. The van der Waals surface area contributed by atoms with E-state index in [4.69, 9.17) is 18.9 Å². The number of carbonyl (C=O) groups is 1. The molecule has 6 heteroatoms. The fourth-order valence-corrected chi connectivity index (χ4v) is 6.84. The van der Waals surface area contributed by atoms with Crippen molar-refractivity contribution in [3.63, 3.8) is 0 Å². The van der Waals surface area contributed by atoms with Crippen molar-refractivity contribution in [2.75, 3.05) is 0 Å². The quantitative estimate of drug-likeness (QED) is 0.143. The van der Waals surface area contributed by atoms with Crippen LogP contribution in [0.25, 0.3) is 0 Å². The van der Waals surface area contributed by atoms with E-state index in [0.29, 0.717) is 31.2 Å². The van der Waals surface area contributed by atoms with Gasteiger partial charge in [0.05, 0.1) is 24.4 Å². The van der Waals surface area contributed by atoms with Crippen LogP contribution in [0.3, 0.4) is 0 Å². The molecule has 248 valence electrons. The number of aldehydes is 1. The van der Waals surface area contributed by atoms with Crippen molar-refractivity contribution in [2.24, 2.45) is 0 Å². The summed E-state index contributed by atoms with van der Waals surface area (Å²) in [6, 6.07) is 21.0. The zero-order chi connectivity index (χ0) is 33.8. The highest BCUT2D eigenvalue weighted by Crippen LogP contribution is 2.41. The van der Waals surface area contributed by atoms with E-state index in [-0.39, 0.29) is 24.4 Å². The van der Waals surface area contributed by atoms with Gasteiger partial charge >= 0.3 is 0 Å². The zero-order valence-corrected chi connectivity index (χ0v) is 30.5. The Bertz CT molecular complexity index is 1740. The maximum atomic E-state index is 12.4. The van der Waals surface area contributed by atoms with Gasteiger partial charge in [0, 0.05) is 46.8 Å². The van der Waals surface area contributed by atoms with E-state index in [1.54, 1.807) is 0 Å². The molecule has 0 radical (unpaired) electrons. The van der Waals surface area contributed by atoms with Gasteiger partial charge in [-0.25, -0.2) is 0 Å². The Balaban J connectivity index is 1.85. The van der Waals surface area contributed by atoms with E-state index in [1.807, 2.05) is 26.0 Å². The molecule has 0 unspecified atom stereocenters. The fourth-order valence-electron chi connectivity index (χ4n) is 6.29. The second-order valence-electron chi connectivity index (χ2n) is 13.5. The van der Waals surface area contributed by atoms with E-state index in [2.05, 4.69) is 106 Å². The van der Waals surface area contributed by atoms with Crippen molar-refractivity contribution in [3.8, 4) is 23.0 Å². The smallest absolute Gasteiger partial charge is 0.150 e. The van der Waals surface area contributed by atoms with Gasteiger partial charge in [-0.2, -0.15) is 0 Å². The van der Waals surface area contributed by atoms with Gasteiger partial charge in [-0.05, 0) is 113 Å². The number of rotatable bonds is 9. The first-order valence-corrected chi connectivity index (χ1v) is 17.5. The van der Waals surface area contributed by atoms with Crippen molar-refractivity contribution in [3.05, 3.63) is 115 Å². The van der Waals surface area contributed by atoms with Gasteiger partial charge in [-0.15, -0.1) is 0 Å². The Morgan fingerprint density at radius 2 is 0.766 bits per heavy atom.